The summed E-state index contributed by atoms with van der Waals surface area (Å²) in [5.74, 6) is -0.0249. The van der Waals surface area contributed by atoms with Gasteiger partial charge < -0.3 is 10.6 Å². The largest absolute Gasteiger partial charge is 0.376 e. The molecular formula is C21H22N2OS. The third-order valence-electron chi connectivity index (χ3n) is 4.31. The lowest BCUT2D eigenvalue weighted by molar-refractivity contribution is -0.119. The number of carbonyl (C=O) groups is 1. The molecule has 0 radical (unpaired) electrons. The predicted molar refractivity (Wildman–Crippen MR) is 105 cm³/mol. The van der Waals surface area contributed by atoms with Gasteiger partial charge in [0.1, 0.15) is 0 Å². The number of thiophene rings is 1. The number of rotatable bonds is 6. The van der Waals surface area contributed by atoms with E-state index < -0.39 is 0 Å². The van der Waals surface area contributed by atoms with E-state index in [0.717, 1.165) is 16.1 Å². The fourth-order valence-electron chi connectivity index (χ4n) is 2.75. The van der Waals surface area contributed by atoms with Crippen molar-refractivity contribution in [2.45, 2.75) is 19.9 Å². The number of hydrogen-bond donors (Lipinski definition) is 2. The zero-order valence-electron chi connectivity index (χ0n) is 14.5. The molecule has 0 fully saturated rings. The van der Waals surface area contributed by atoms with Crippen LogP contribution in [0.1, 0.15) is 27.6 Å². The Kier molecular flexibility index (Phi) is 5.51. The van der Waals surface area contributed by atoms with Gasteiger partial charge in [-0.25, -0.2) is 0 Å². The SMILES string of the molecule is Cc1cccc(NCC(=O)NC(c2ccccc2)c2cccs2)c1C. The van der Waals surface area contributed by atoms with Crippen LogP contribution < -0.4 is 10.6 Å². The second-order valence-corrected chi connectivity index (χ2v) is 7.01. The molecule has 0 aliphatic rings. The maximum Gasteiger partial charge on any atom is 0.240 e. The number of carbonyl (C=O) groups excluding carboxylic acids is 1. The zero-order chi connectivity index (χ0) is 17.6. The summed E-state index contributed by atoms with van der Waals surface area (Å²) < 4.78 is 0. The summed E-state index contributed by atoms with van der Waals surface area (Å²) in [6.45, 7) is 4.38. The fourth-order valence-corrected chi connectivity index (χ4v) is 3.55. The molecule has 0 spiro atoms. The van der Waals surface area contributed by atoms with E-state index in [0.29, 0.717) is 0 Å². The molecule has 4 heteroatoms. The highest BCUT2D eigenvalue weighted by Gasteiger charge is 2.17. The number of benzene rings is 2. The number of anilines is 1. The lowest BCUT2D eigenvalue weighted by Gasteiger charge is -2.19. The van der Waals surface area contributed by atoms with E-state index in [-0.39, 0.29) is 18.5 Å². The molecule has 128 valence electrons. The van der Waals surface area contributed by atoms with Crippen LogP contribution in [0.3, 0.4) is 0 Å². The smallest absolute Gasteiger partial charge is 0.240 e. The van der Waals surface area contributed by atoms with Gasteiger partial charge in [0.15, 0.2) is 0 Å². The maximum atomic E-state index is 12.5. The topological polar surface area (TPSA) is 41.1 Å². The summed E-state index contributed by atoms with van der Waals surface area (Å²) in [6.07, 6.45) is 0. The summed E-state index contributed by atoms with van der Waals surface area (Å²) in [5, 5.41) is 8.43. The maximum absolute atomic E-state index is 12.5. The van der Waals surface area contributed by atoms with E-state index in [1.807, 2.05) is 53.9 Å². The summed E-state index contributed by atoms with van der Waals surface area (Å²) in [4.78, 5) is 13.7. The molecule has 1 aromatic heterocycles. The first-order valence-electron chi connectivity index (χ1n) is 8.33. The highest BCUT2D eigenvalue weighted by Crippen LogP contribution is 2.26. The van der Waals surface area contributed by atoms with E-state index in [1.165, 1.54) is 11.1 Å². The molecule has 3 aromatic rings. The van der Waals surface area contributed by atoms with Crippen molar-refractivity contribution in [1.82, 2.24) is 5.32 Å². The molecule has 0 saturated heterocycles. The zero-order valence-corrected chi connectivity index (χ0v) is 15.3. The first kappa shape index (κ1) is 17.2. The minimum Gasteiger partial charge on any atom is -0.376 e. The van der Waals surface area contributed by atoms with Crippen LogP contribution in [-0.2, 0) is 4.79 Å². The van der Waals surface area contributed by atoms with Crippen LogP contribution in [0.5, 0.6) is 0 Å². The van der Waals surface area contributed by atoms with Gasteiger partial charge in [-0.05, 0) is 48.1 Å². The van der Waals surface area contributed by atoms with Crippen molar-refractivity contribution in [3.8, 4) is 0 Å². The molecule has 1 unspecified atom stereocenters. The van der Waals surface area contributed by atoms with Crippen molar-refractivity contribution in [2.75, 3.05) is 11.9 Å². The Morgan fingerprint density at radius 3 is 2.52 bits per heavy atom. The minimum atomic E-state index is -0.117. The van der Waals surface area contributed by atoms with Gasteiger partial charge in [-0.2, -0.15) is 0 Å². The average Bonchev–Trinajstić information content (AvgIpc) is 3.16. The Labute approximate surface area is 152 Å². The van der Waals surface area contributed by atoms with Crippen molar-refractivity contribution in [3.63, 3.8) is 0 Å². The number of amides is 1. The monoisotopic (exact) mass is 350 g/mol. The summed E-state index contributed by atoms with van der Waals surface area (Å²) in [7, 11) is 0. The normalized spacial score (nSPS) is 11.8. The molecule has 1 atom stereocenters. The van der Waals surface area contributed by atoms with Crippen molar-refractivity contribution >= 4 is 22.9 Å². The van der Waals surface area contributed by atoms with Gasteiger partial charge in [0, 0.05) is 10.6 Å². The molecule has 3 nitrogen and oxygen atoms in total. The Hall–Kier alpha value is -2.59. The summed E-state index contributed by atoms with van der Waals surface area (Å²) in [6, 6.07) is 20.1. The molecule has 3 rings (SSSR count). The van der Waals surface area contributed by atoms with Gasteiger partial charge in [-0.1, -0.05) is 48.5 Å². The van der Waals surface area contributed by atoms with Gasteiger partial charge in [0.25, 0.3) is 0 Å². The van der Waals surface area contributed by atoms with E-state index in [1.54, 1.807) is 11.3 Å². The fraction of sp³-hybridized carbons (Fsp3) is 0.190. The standard InChI is InChI=1S/C21H22N2OS/c1-15-8-6-11-18(16(15)2)22-14-20(24)23-21(19-12-7-13-25-19)17-9-4-3-5-10-17/h3-13,21-22H,14H2,1-2H3,(H,23,24). The van der Waals surface area contributed by atoms with E-state index in [4.69, 9.17) is 0 Å². The first-order valence-corrected chi connectivity index (χ1v) is 9.21. The molecule has 0 aliphatic heterocycles. The lowest BCUT2D eigenvalue weighted by atomic mass is 10.1. The summed E-state index contributed by atoms with van der Waals surface area (Å²) >= 11 is 1.65. The Morgan fingerprint density at radius 1 is 1.00 bits per heavy atom. The average molecular weight is 350 g/mol. The van der Waals surface area contributed by atoms with Crippen LogP contribution in [0.25, 0.3) is 0 Å². The molecular weight excluding hydrogens is 328 g/mol. The lowest BCUT2D eigenvalue weighted by Crippen LogP contribution is -2.33. The van der Waals surface area contributed by atoms with Crippen molar-refractivity contribution in [2.24, 2.45) is 0 Å². The van der Waals surface area contributed by atoms with Gasteiger partial charge in [-0.3, -0.25) is 4.79 Å². The second-order valence-electron chi connectivity index (χ2n) is 6.03. The Morgan fingerprint density at radius 2 is 1.80 bits per heavy atom. The van der Waals surface area contributed by atoms with Crippen molar-refractivity contribution in [3.05, 3.63) is 87.6 Å². The molecule has 25 heavy (non-hydrogen) atoms. The highest BCUT2D eigenvalue weighted by atomic mass is 32.1. The Balaban J connectivity index is 1.70. The van der Waals surface area contributed by atoms with Crippen LogP contribution in [0, 0.1) is 13.8 Å². The van der Waals surface area contributed by atoms with Crippen LogP contribution in [-0.4, -0.2) is 12.5 Å². The van der Waals surface area contributed by atoms with E-state index in [2.05, 4.69) is 36.6 Å². The quantitative estimate of drug-likeness (QED) is 0.677. The minimum absolute atomic E-state index is 0.0249. The highest BCUT2D eigenvalue weighted by molar-refractivity contribution is 7.10. The number of aryl methyl sites for hydroxylation is 1. The van der Waals surface area contributed by atoms with Crippen LogP contribution >= 0.6 is 11.3 Å². The number of hydrogen-bond acceptors (Lipinski definition) is 3. The first-order chi connectivity index (χ1) is 12.1. The predicted octanol–water partition coefficient (Wildman–Crippen LogP) is 4.68. The number of nitrogens with one attached hydrogen (secondary N) is 2. The van der Waals surface area contributed by atoms with Gasteiger partial charge in [0.05, 0.1) is 12.6 Å². The van der Waals surface area contributed by atoms with Crippen molar-refractivity contribution in [1.29, 1.82) is 0 Å². The molecule has 1 heterocycles. The van der Waals surface area contributed by atoms with Gasteiger partial charge >= 0.3 is 0 Å². The van der Waals surface area contributed by atoms with E-state index >= 15 is 0 Å². The molecule has 2 N–H and O–H groups in total. The van der Waals surface area contributed by atoms with Crippen LogP contribution in [0.2, 0.25) is 0 Å². The van der Waals surface area contributed by atoms with Crippen molar-refractivity contribution < 1.29 is 4.79 Å². The molecule has 1 amide bonds. The van der Waals surface area contributed by atoms with Crippen LogP contribution in [0.15, 0.2) is 66.0 Å². The summed E-state index contributed by atoms with van der Waals surface area (Å²) in [5.41, 5.74) is 4.48. The van der Waals surface area contributed by atoms with Gasteiger partial charge in [0.2, 0.25) is 5.91 Å². The van der Waals surface area contributed by atoms with Gasteiger partial charge in [-0.15, -0.1) is 11.3 Å². The van der Waals surface area contributed by atoms with E-state index in [9.17, 15) is 4.79 Å². The van der Waals surface area contributed by atoms with Crippen LogP contribution in [0.4, 0.5) is 5.69 Å². The Bertz CT molecular complexity index is 828. The third kappa shape index (κ3) is 4.28. The molecule has 2 aromatic carbocycles. The molecule has 0 bridgehead atoms. The third-order valence-corrected chi connectivity index (χ3v) is 5.25. The molecule has 0 saturated carbocycles. The second kappa shape index (κ2) is 7.99. The molecule has 0 aliphatic carbocycles.